The third-order valence-corrected chi connectivity index (χ3v) is 3.22. The van der Waals surface area contributed by atoms with Crippen molar-refractivity contribution in [3.05, 3.63) is 30.1 Å². The van der Waals surface area contributed by atoms with Crippen molar-refractivity contribution in [1.29, 1.82) is 0 Å². The van der Waals surface area contributed by atoms with Crippen molar-refractivity contribution in [2.45, 2.75) is 12.5 Å². The molecule has 0 aliphatic carbocycles. The van der Waals surface area contributed by atoms with E-state index in [-0.39, 0.29) is 24.9 Å². The Bertz CT molecular complexity index is 409. The van der Waals surface area contributed by atoms with Crippen LogP contribution in [0.2, 0.25) is 0 Å². The molecule has 19 heavy (non-hydrogen) atoms. The van der Waals surface area contributed by atoms with E-state index < -0.39 is 5.60 Å². The van der Waals surface area contributed by atoms with Crippen molar-refractivity contribution in [1.82, 2.24) is 5.32 Å². The monoisotopic (exact) mass is 287 g/mol. The van der Waals surface area contributed by atoms with Crippen LogP contribution in [0.25, 0.3) is 0 Å². The first kappa shape index (κ1) is 15.8. The molecule has 0 aliphatic rings. The molecule has 0 spiro atoms. The first-order chi connectivity index (χ1) is 8.93. The maximum absolute atomic E-state index is 12.6. The Balaban J connectivity index is 2.30. The molecule has 0 heterocycles. The molecular weight excluding hydrogens is 269 g/mol. The standard InChI is InChI=1S/C13H18FNO3S/c1-13(17,9-19-2)8-15-12(16)7-18-11-5-3-10(14)4-6-11/h3-6,17H,7-9H2,1-2H3,(H,15,16)/t13-/m1/s1. The SMILES string of the molecule is CSC[C@](C)(O)CNC(=O)COc1ccc(F)cc1. The van der Waals surface area contributed by atoms with Gasteiger partial charge < -0.3 is 15.2 Å². The summed E-state index contributed by atoms with van der Waals surface area (Å²) < 4.78 is 17.8. The summed E-state index contributed by atoms with van der Waals surface area (Å²) in [5, 5.41) is 12.4. The molecule has 0 saturated heterocycles. The quantitative estimate of drug-likeness (QED) is 0.796. The van der Waals surface area contributed by atoms with E-state index in [4.69, 9.17) is 4.74 Å². The normalized spacial score (nSPS) is 13.7. The summed E-state index contributed by atoms with van der Waals surface area (Å²) in [5.41, 5.74) is -0.940. The highest BCUT2D eigenvalue weighted by molar-refractivity contribution is 7.98. The second-order valence-corrected chi connectivity index (χ2v) is 5.32. The van der Waals surface area contributed by atoms with E-state index in [1.54, 1.807) is 6.92 Å². The number of carbonyl (C=O) groups is 1. The number of thioether (sulfide) groups is 1. The van der Waals surface area contributed by atoms with Crippen molar-refractivity contribution in [2.75, 3.05) is 25.2 Å². The van der Waals surface area contributed by atoms with Crippen LogP contribution in [0.1, 0.15) is 6.92 Å². The highest BCUT2D eigenvalue weighted by atomic mass is 32.2. The molecule has 0 radical (unpaired) electrons. The summed E-state index contributed by atoms with van der Waals surface area (Å²) in [4.78, 5) is 11.5. The zero-order valence-electron chi connectivity index (χ0n) is 11.0. The van der Waals surface area contributed by atoms with Gasteiger partial charge in [-0.3, -0.25) is 4.79 Å². The fourth-order valence-electron chi connectivity index (χ4n) is 1.38. The molecule has 6 heteroatoms. The summed E-state index contributed by atoms with van der Waals surface area (Å²) in [6.45, 7) is 1.66. The summed E-state index contributed by atoms with van der Waals surface area (Å²) >= 11 is 1.50. The van der Waals surface area contributed by atoms with Crippen LogP contribution < -0.4 is 10.1 Å². The molecular formula is C13H18FNO3S. The van der Waals surface area contributed by atoms with Crippen molar-refractivity contribution < 1.29 is 19.0 Å². The smallest absolute Gasteiger partial charge is 0.258 e. The van der Waals surface area contributed by atoms with Crippen LogP contribution in [0, 0.1) is 5.82 Å². The van der Waals surface area contributed by atoms with Gasteiger partial charge in [-0.15, -0.1) is 0 Å². The zero-order chi connectivity index (χ0) is 14.3. The number of benzene rings is 1. The van der Waals surface area contributed by atoms with E-state index in [0.717, 1.165) is 0 Å². The minimum absolute atomic E-state index is 0.166. The van der Waals surface area contributed by atoms with Gasteiger partial charge in [0.25, 0.3) is 5.91 Å². The minimum atomic E-state index is -0.940. The molecule has 2 N–H and O–H groups in total. The van der Waals surface area contributed by atoms with E-state index in [1.807, 2.05) is 6.26 Å². The first-order valence-electron chi connectivity index (χ1n) is 5.79. The number of hydrogen-bond donors (Lipinski definition) is 2. The summed E-state index contributed by atoms with van der Waals surface area (Å²) in [7, 11) is 0. The molecule has 0 bridgehead atoms. The molecule has 4 nitrogen and oxygen atoms in total. The third-order valence-electron chi connectivity index (χ3n) is 2.31. The van der Waals surface area contributed by atoms with Crippen molar-refractivity contribution >= 4 is 17.7 Å². The highest BCUT2D eigenvalue weighted by Crippen LogP contribution is 2.11. The zero-order valence-corrected chi connectivity index (χ0v) is 11.8. The average Bonchev–Trinajstić information content (AvgIpc) is 2.36. The predicted octanol–water partition coefficient (Wildman–Crippen LogP) is 1.43. The summed E-state index contributed by atoms with van der Waals surface area (Å²) in [6, 6.07) is 5.42. The topological polar surface area (TPSA) is 58.6 Å². The molecule has 1 aromatic rings. The highest BCUT2D eigenvalue weighted by Gasteiger charge is 2.20. The number of ether oxygens (including phenoxy) is 1. The Labute approximate surface area is 116 Å². The Morgan fingerprint density at radius 1 is 1.47 bits per heavy atom. The van der Waals surface area contributed by atoms with Gasteiger partial charge in [0.2, 0.25) is 0 Å². The lowest BCUT2D eigenvalue weighted by molar-refractivity contribution is -0.124. The lowest BCUT2D eigenvalue weighted by Crippen LogP contribution is -2.43. The number of carbonyl (C=O) groups excluding carboxylic acids is 1. The number of nitrogens with one attached hydrogen (secondary N) is 1. The van der Waals surface area contributed by atoms with Gasteiger partial charge in [-0.1, -0.05) is 0 Å². The number of rotatable bonds is 7. The Morgan fingerprint density at radius 3 is 2.68 bits per heavy atom. The van der Waals surface area contributed by atoms with Crippen LogP contribution in [0.15, 0.2) is 24.3 Å². The van der Waals surface area contributed by atoms with Crippen LogP contribution in [0.3, 0.4) is 0 Å². The number of aliphatic hydroxyl groups is 1. The van der Waals surface area contributed by atoms with Crippen molar-refractivity contribution in [3.8, 4) is 5.75 Å². The van der Waals surface area contributed by atoms with E-state index in [0.29, 0.717) is 11.5 Å². The fraction of sp³-hybridized carbons (Fsp3) is 0.462. The number of amides is 1. The van der Waals surface area contributed by atoms with Gasteiger partial charge in [0.05, 0.1) is 5.60 Å². The van der Waals surface area contributed by atoms with E-state index >= 15 is 0 Å². The van der Waals surface area contributed by atoms with E-state index in [1.165, 1.54) is 36.0 Å². The summed E-state index contributed by atoms with van der Waals surface area (Å²) in [5.74, 6) is 0.273. The van der Waals surface area contributed by atoms with Gasteiger partial charge in [0.15, 0.2) is 6.61 Å². The van der Waals surface area contributed by atoms with Gasteiger partial charge in [-0.05, 0) is 37.4 Å². The molecule has 0 aromatic heterocycles. The van der Waals surface area contributed by atoms with Crippen molar-refractivity contribution in [2.24, 2.45) is 0 Å². The first-order valence-corrected chi connectivity index (χ1v) is 7.19. The molecule has 1 aromatic carbocycles. The molecule has 1 atom stereocenters. The Kier molecular flexibility index (Phi) is 6.11. The fourth-order valence-corrected chi connectivity index (χ4v) is 2.11. The maximum atomic E-state index is 12.6. The van der Waals surface area contributed by atoms with Crippen LogP contribution in [-0.4, -0.2) is 41.8 Å². The lowest BCUT2D eigenvalue weighted by Gasteiger charge is -2.22. The molecule has 106 valence electrons. The average molecular weight is 287 g/mol. The van der Waals surface area contributed by atoms with Gasteiger partial charge in [-0.2, -0.15) is 11.8 Å². The van der Waals surface area contributed by atoms with Crippen LogP contribution in [0.5, 0.6) is 5.75 Å². The third kappa shape index (κ3) is 6.45. The number of halogens is 1. The van der Waals surface area contributed by atoms with Crippen LogP contribution >= 0.6 is 11.8 Å². The Hall–Kier alpha value is -1.27. The van der Waals surface area contributed by atoms with Crippen molar-refractivity contribution in [3.63, 3.8) is 0 Å². The molecule has 0 fully saturated rings. The van der Waals surface area contributed by atoms with Gasteiger partial charge in [0.1, 0.15) is 11.6 Å². The second-order valence-electron chi connectivity index (χ2n) is 4.45. The lowest BCUT2D eigenvalue weighted by atomic mass is 10.1. The number of hydrogen-bond acceptors (Lipinski definition) is 4. The Morgan fingerprint density at radius 2 is 2.11 bits per heavy atom. The van der Waals surface area contributed by atoms with Gasteiger partial charge in [0, 0.05) is 12.3 Å². The molecule has 0 unspecified atom stereocenters. The second kappa shape index (κ2) is 7.35. The molecule has 1 amide bonds. The molecule has 1 rings (SSSR count). The van der Waals surface area contributed by atoms with Crippen LogP contribution in [-0.2, 0) is 4.79 Å². The van der Waals surface area contributed by atoms with Gasteiger partial charge >= 0.3 is 0 Å². The van der Waals surface area contributed by atoms with Gasteiger partial charge in [-0.25, -0.2) is 4.39 Å². The predicted molar refractivity (Wildman–Crippen MR) is 73.9 cm³/mol. The van der Waals surface area contributed by atoms with Crippen LogP contribution in [0.4, 0.5) is 4.39 Å². The van der Waals surface area contributed by atoms with E-state index in [2.05, 4.69) is 5.32 Å². The molecule has 0 aliphatic heterocycles. The summed E-state index contributed by atoms with van der Waals surface area (Å²) in [6.07, 6.45) is 1.88. The van der Waals surface area contributed by atoms with E-state index in [9.17, 15) is 14.3 Å². The minimum Gasteiger partial charge on any atom is -0.484 e. The largest absolute Gasteiger partial charge is 0.484 e. The maximum Gasteiger partial charge on any atom is 0.258 e. The molecule has 0 saturated carbocycles.